The summed E-state index contributed by atoms with van der Waals surface area (Å²) < 4.78 is 7.99. The van der Waals surface area contributed by atoms with Crippen molar-refractivity contribution in [2.75, 3.05) is 19.7 Å². The number of aromatic nitrogens is 2. The molecule has 0 aromatic carbocycles. The summed E-state index contributed by atoms with van der Waals surface area (Å²) in [6, 6.07) is 0. The van der Waals surface area contributed by atoms with Gasteiger partial charge in [-0.25, -0.2) is 0 Å². The number of fused-ring (bicyclic) bond motifs is 5. The quantitative estimate of drug-likeness (QED) is 0.902. The number of aliphatic hydroxyl groups excluding tert-OH is 1. The third-order valence-electron chi connectivity index (χ3n) is 5.75. The summed E-state index contributed by atoms with van der Waals surface area (Å²) >= 11 is 0. The van der Waals surface area contributed by atoms with Gasteiger partial charge in [-0.2, -0.15) is 5.10 Å². The first-order valence-corrected chi connectivity index (χ1v) is 8.19. The summed E-state index contributed by atoms with van der Waals surface area (Å²) in [6.45, 7) is 8.29. The number of aliphatic hydroxyl groups is 1. The zero-order valence-electron chi connectivity index (χ0n) is 13.0. The summed E-state index contributed by atoms with van der Waals surface area (Å²) in [5.41, 5.74) is 3.66. The van der Waals surface area contributed by atoms with Gasteiger partial charge in [0.05, 0.1) is 31.1 Å². The first-order chi connectivity index (χ1) is 10.2. The van der Waals surface area contributed by atoms with Crippen molar-refractivity contribution in [1.29, 1.82) is 0 Å². The second-order valence-electron chi connectivity index (χ2n) is 6.91. The van der Waals surface area contributed by atoms with E-state index in [4.69, 9.17) is 9.84 Å². The molecule has 3 aliphatic rings. The van der Waals surface area contributed by atoms with Crippen LogP contribution in [0.1, 0.15) is 29.8 Å². The van der Waals surface area contributed by atoms with Crippen molar-refractivity contribution < 1.29 is 9.84 Å². The van der Waals surface area contributed by atoms with Crippen LogP contribution in [0.4, 0.5) is 0 Å². The number of hydrogen-bond donors (Lipinski definition) is 1. The molecule has 3 saturated heterocycles. The Bertz CT molecular complexity index is 524. The lowest BCUT2D eigenvalue weighted by Gasteiger charge is -2.18. The fourth-order valence-corrected chi connectivity index (χ4v) is 4.68. The normalized spacial score (nSPS) is 34.8. The molecule has 0 aliphatic carbocycles. The van der Waals surface area contributed by atoms with Gasteiger partial charge in [0.1, 0.15) is 0 Å². The van der Waals surface area contributed by atoms with Crippen molar-refractivity contribution >= 4 is 0 Å². The highest BCUT2D eigenvalue weighted by molar-refractivity contribution is 5.24. The molecule has 1 aromatic rings. The monoisotopic (exact) mass is 291 g/mol. The van der Waals surface area contributed by atoms with Crippen LogP contribution in [0.3, 0.4) is 0 Å². The van der Waals surface area contributed by atoms with Crippen molar-refractivity contribution in [3.8, 4) is 0 Å². The van der Waals surface area contributed by atoms with Gasteiger partial charge in [0.15, 0.2) is 0 Å². The molecular weight excluding hydrogens is 266 g/mol. The highest BCUT2D eigenvalue weighted by Crippen LogP contribution is 2.47. The molecule has 21 heavy (non-hydrogen) atoms. The van der Waals surface area contributed by atoms with E-state index in [1.165, 1.54) is 37.2 Å². The standard InChI is InChI=1S/C16H25N3O2/c1-10-12(11(2)19(17-10)5-6-20)7-18-8-13-14(9-18)16-4-3-15(13)21-16/h13-16,20H,3-9H2,1-2H3/t13-,14+,15+,16-. The topological polar surface area (TPSA) is 50.5 Å². The molecule has 0 unspecified atom stereocenters. The summed E-state index contributed by atoms with van der Waals surface area (Å²) in [4.78, 5) is 2.59. The van der Waals surface area contributed by atoms with Crippen LogP contribution in [0.15, 0.2) is 0 Å². The van der Waals surface area contributed by atoms with E-state index in [9.17, 15) is 0 Å². The number of aryl methyl sites for hydroxylation is 1. The Balaban J connectivity index is 1.48. The van der Waals surface area contributed by atoms with E-state index in [0.717, 1.165) is 24.1 Å². The minimum Gasteiger partial charge on any atom is -0.394 e. The second-order valence-corrected chi connectivity index (χ2v) is 6.91. The number of nitrogens with zero attached hydrogens (tertiary/aromatic N) is 3. The third kappa shape index (κ3) is 2.14. The van der Waals surface area contributed by atoms with Gasteiger partial charge in [-0.3, -0.25) is 9.58 Å². The van der Waals surface area contributed by atoms with E-state index >= 15 is 0 Å². The fourth-order valence-electron chi connectivity index (χ4n) is 4.68. The first kappa shape index (κ1) is 13.7. The molecule has 5 heteroatoms. The second kappa shape index (κ2) is 5.07. The smallest absolute Gasteiger partial charge is 0.0644 e. The molecule has 0 saturated carbocycles. The summed E-state index contributed by atoms with van der Waals surface area (Å²) in [6.07, 6.45) is 3.60. The molecule has 4 atom stereocenters. The summed E-state index contributed by atoms with van der Waals surface area (Å²) in [5, 5.41) is 13.7. The zero-order valence-corrected chi connectivity index (χ0v) is 13.0. The molecule has 3 fully saturated rings. The van der Waals surface area contributed by atoms with E-state index in [1.807, 2.05) is 4.68 Å². The number of likely N-dealkylation sites (tertiary alicyclic amines) is 1. The van der Waals surface area contributed by atoms with E-state index in [1.54, 1.807) is 0 Å². The summed E-state index contributed by atoms with van der Waals surface area (Å²) in [5.74, 6) is 1.52. The van der Waals surface area contributed by atoms with Crippen molar-refractivity contribution in [1.82, 2.24) is 14.7 Å². The molecule has 116 valence electrons. The zero-order chi connectivity index (χ0) is 14.6. The first-order valence-electron chi connectivity index (χ1n) is 8.19. The predicted octanol–water partition coefficient (Wildman–Crippen LogP) is 1.10. The van der Waals surface area contributed by atoms with Gasteiger partial charge >= 0.3 is 0 Å². The average molecular weight is 291 g/mol. The Kier molecular flexibility index (Phi) is 3.32. The number of ether oxygens (including phenoxy) is 1. The van der Waals surface area contributed by atoms with Gasteiger partial charge in [0, 0.05) is 42.7 Å². The maximum atomic E-state index is 9.12. The van der Waals surface area contributed by atoms with Crippen molar-refractivity contribution in [3.63, 3.8) is 0 Å². The predicted molar refractivity (Wildman–Crippen MR) is 78.9 cm³/mol. The van der Waals surface area contributed by atoms with Gasteiger partial charge in [0.25, 0.3) is 0 Å². The molecule has 5 nitrogen and oxygen atoms in total. The molecule has 1 N–H and O–H groups in total. The lowest BCUT2D eigenvalue weighted by Crippen LogP contribution is -2.25. The molecule has 0 spiro atoms. The molecular formula is C16H25N3O2. The lowest BCUT2D eigenvalue weighted by atomic mass is 9.82. The van der Waals surface area contributed by atoms with Crippen LogP contribution < -0.4 is 0 Å². The molecule has 4 rings (SSSR count). The van der Waals surface area contributed by atoms with Crippen LogP contribution in [0.25, 0.3) is 0 Å². The SMILES string of the molecule is Cc1nn(CCO)c(C)c1CN1C[C@@H]2[C@H](C1)[C@H]1CC[C@@H]2O1. The van der Waals surface area contributed by atoms with Gasteiger partial charge in [-0.05, 0) is 26.7 Å². The van der Waals surface area contributed by atoms with Gasteiger partial charge in [0.2, 0.25) is 0 Å². The van der Waals surface area contributed by atoms with Gasteiger partial charge < -0.3 is 9.84 Å². The third-order valence-corrected chi connectivity index (χ3v) is 5.75. The molecule has 1 aromatic heterocycles. The Morgan fingerprint density at radius 3 is 2.48 bits per heavy atom. The van der Waals surface area contributed by atoms with Crippen LogP contribution in [0, 0.1) is 25.7 Å². The van der Waals surface area contributed by atoms with Crippen LogP contribution in [-0.2, 0) is 17.8 Å². The van der Waals surface area contributed by atoms with Crippen LogP contribution in [-0.4, -0.2) is 51.7 Å². The average Bonchev–Trinajstić information content (AvgIpc) is 3.18. The molecule has 3 aliphatic heterocycles. The molecule has 0 amide bonds. The van der Waals surface area contributed by atoms with Crippen LogP contribution in [0.2, 0.25) is 0 Å². The lowest BCUT2D eigenvalue weighted by molar-refractivity contribution is 0.0696. The number of hydrogen-bond acceptors (Lipinski definition) is 4. The maximum Gasteiger partial charge on any atom is 0.0644 e. The highest BCUT2D eigenvalue weighted by atomic mass is 16.5. The van der Waals surface area contributed by atoms with Gasteiger partial charge in [-0.15, -0.1) is 0 Å². The van der Waals surface area contributed by atoms with E-state index in [2.05, 4.69) is 23.8 Å². The van der Waals surface area contributed by atoms with Crippen molar-refractivity contribution in [3.05, 3.63) is 17.0 Å². The molecule has 2 bridgehead atoms. The van der Waals surface area contributed by atoms with Gasteiger partial charge in [-0.1, -0.05) is 0 Å². The molecule has 0 radical (unpaired) electrons. The highest BCUT2D eigenvalue weighted by Gasteiger charge is 2.52. The maximum absolute atomic E-state index is 9.12. The number of rotatable bonds is 4. The Labute approximate surface area is 125 Å². The minimum absolute atomic E-state index is 0.149. The molecule has 4 heterocycles. The Morgan fingerprint density at radius 2 is 1.86 bits per heavy atom. The van der Waals surface area contributed by atoms with E-state index in [-0.39, 0.29) is 6.61 Å². The van der Waals surface area contributed by atoms with Crippen LogP contribution in [0.5, 0.6) is 0 Å². The Hall–Kier alpha value is -0.910. The minimum atomic E-state index is 0.149. The van der Waals surface area contributed by atoms with E-state index in [0.29, 0.717) is 18.8 Å². The Morgan fingerprint density at radius 1 is 1.19 bits per heavy atom. The van der Waals surface area contributed by atoms with Crippen molar-refractivity contribution in [2.24, 2.45) is 11.8 Å². The van der Waals surface area contributed by atoms with Crippen molar-refractivity contribution in [2.45, 2.75) is 52.0 Å². The van der Waals surface area contributed by atoms with E-state index < -0.39 is 0 Å². The summed E-state index contributed by atoms with van der Waals surface area (Å²) in [7, 11) is 0. The van der Waals surface area contributed by atoms with Crippen LogP contribution >= 0.6 is 0 Å². The fraction of sp³-hybridized carbons (Fsp3) is 0.812. The largest absolute Gasteiger partial charge is 0.394 e.